The number of rotatable bonds is 15. The largest absolute Gasteiger partial charge is 0.388 e. The molecule has 4 aromatic rings. The van der Waals surface area contributed by atoms with Crippen LogP contribution in [0.2, 0.25) is 0 Å². The van der Waals surface area contributed by atoms with E-state index in [-0.39, 0.29) is 41.9 Å². The van der Waals surface area contributed by atoms with Crippen molar-refractivity contribution in [3.63, 3.8) is 0 Å². The van der Waals surface area contributed by atoms with Crippen LogP contribution in [0.3, 0.4) is 0 Å². The Morgan fingerprint density at radius 3 is 1.81 bits per heavy atom. The van der Waals surface area contributed by atoms with Gasteiger partial charge in [0.2, 0.25) is 0 Å². The van der Waals surface area contributed by atoms with Crippen LogP contribution in [-0.4, -0.2) is 70.0 Å². The number of aromatic nitrogens is 2. The molecule has 0 saturated heterocycles. The van der Waals surface area contributed by atoms with Gasteiger partial charge in [-0.2, -0.15) is 0 Å². The first-order chi connectivity index (χ1) is 23.0. The maximum atomic E-state index is 13.2. The summed E-state index contributed by atoms with van der Waals surface area (Å²) in [4.78, 5) is 53.8. The normalized spacial score (nSPS) is 10.7. The summed E-state index contributed by atoms with van der Waals surface area (Å²) >= 11 is 11.9. The highest BCUT2D eigenvalue weighted by molar-refractivity contribution is 6.18. The second-order valence-corrected chi connectivity index (χ2v) is 11.6. The quantitative estimate of drug-likeness (QED) is 0.0608. The molecule has 0 aliphatic carbocycles. The third-order valence-electron chi connectivity index (χ3n) is 7.24. The molecular weight excluding hydrogens is 657 g/mol. The fraction of sp³-hybridized carbons (Fsp3) is 0.242. The highest BCUT2D eigenvalue weighted by atomic mass is 35.5. The summed E-state index contributed by atoms with van der Waals surface area (Å²) < 4.78 is 3.16. The number of benzene rings is 2. The van der Waals surface area contributed by atoms with E-state index in [2.05, 4.69) is 21.3 Å². The number of anilines is 4. The van der Waals surface area contributed by atoms with Crippen LogP contribution in [-0.2, 0) is 14.1 Å². The van der Waals surface area contributed by atoms with Gasteiger partial charge in [-0.05, 0) is 48.5 Å². The number of nitrogens with zero attached hydrogens (tertiary/aromatic N) is 3. The van der Waals surface area contributed by atoms with Crippen LogP contribution in [0.4, 0.5) is 22.7 Å². The second kappa shape index (κ2) is 16.5. The number of halogens is 2. The van der Waals surface area contributed by atoms with Crippen molar-refractivity contribution < 1.29 is 19.2 Å². The van der Waals surface area contributed by atoms with Gasteiger partial charge in [0.1, 0.15) is 11.4 Å². The summed E-state index contributed by atoms with van der Waals surface area (Å²) in [5.41, 5.74) is 8.68. The van der Waals surface area contributed by atoms with Gasteiger partial charge in [0.05, 0.1) is 17.2 Å². The predicted octanol–water partition coefficient (Wildman–Crippen LogP) is 4.46. The summed E-state index contributed by atoms with van der Waals surface area (Å²) in [7, 11) is 3.36. The minimum atomic E-state index is -0.446. The Labute approximate surface area is 287 Å². The van der Waals surface area contributed by atoms with E-state index in [1.54, 1.807) is 78.1 Å². The van der Waals surface area contributed by atoms with Crippen molar-refractivity contribution >= 4 is 75.4 Å². The van der Waals surface area contributed by atoms with Gasteiger partial charge in [0.15, 0.2) is 0 Å². The SMILES string of the molecule is Cn1cc(NC(=O)c2cccc(NC(=O)c3cc(NC(=O)c4cccc(N(CCCl)CCCl)c4)cn3C)c2)cc1C(=O)NCCC(=N)N. The molecule has 2 aromatic carbocycles. The lowest BCUT2D eigenvalue weighted by Gasteiger charge is -2.23. The lowest BCUT2D eigenvalue weighted by Crippen LogP contribution is -2.28. The van der Waals surface area contributed by atoms with Crippen molar-refractivity contribution in [2.24, 2.45) is 19.8 Å². The van der Waals surface area contributed by atoms with Crippen LogP contribution in [0.1, 0.15) is 48.1 Å². The molecule has 48 heavy (non-hydrogen) atoms. The van der Waals surface area contributed by atoms with Gasteiger partial charge >= 0.3 is 0 Å². The van der Waals surface area contributed by atoms with E-state index in [4.69, 9.17) is 34.3 Å². The Bertz CT molecular complexity index is 1810. The van der Waals surface area contributed by atoms with Crippen molar-refractivity contribution in [3.05, 3.63) is 95.6 Å². The van der Waals surface area contributed by atoms with Gasteiger partial charge in [-0.25, -0.2) is 0 Å². The number of alkyl halides is 2. The van der Waals surface area contributed by atoms with Crippen LogP contribution < -0.4 is 31.9 Å². The summed E-state index contributed by atoms with van der Waals surface area (Å²) in [6, 6.07) is 16.6. The Balaban J connectivity index is 1.39. The Morgan fingerprint density at radius 1 is 0.729 bits per heavy atom. The van der Waals surface area contributed by atoms with Crippen molar-refractivity contribution in [2.45, 2.75) is 6.42 Å². The second-order valence-electron chi connectivity index (χ2n) is 10.8. The number of hydrogen-bond donors (Lipinski definition) is 6. The number of amides is 4. The van der Waals surface area contributed by atoms with Crippen LogP contribution in [0.25, 0.3) is 0 Å². The highest BCUT2D eigenvalue weighted by Crippen LogP contribution is 2.21. The van der Waals surface area contributed by atoms with Gasteiger partial charge in [0.25, 0.3) is 23.6 Å². The molecule has 0 aliphatic heterocycles. The fourth-order valence-electron chi connectivity index (χ4n) is 4.88. The van der Waals surface area contributed by atoms with E-state index in [1.807, 2.05) is 11.0 Å². The maximum Gasteiger partial charge on any atom is 0.272 e. The topological polar surface area (TPSA) is 179 Å². The summed E-state index contributed by atoms with van der Waals surface area (Å²) in [6.45, 7) is 1.39. The molecule has 0 unspecified atom stereocenters. The van der Waals surface area contributed by atoms with E-state index in [0.29, 0.717) is 53.2 Å². The third kappa shape index (κ3) is 9.39. The molecule has 0 bridgehead atoms. The van der Waals surface area contributed by atoms with Crippen molar-refractivity contribution in [1.82, 2.24) is 14.5 Å². The molecular formula is C33H37Cl2N9O4. The maximum absolute atomic E-state index is 13.2. The number of carbonyl (C=O) groups excluding carboxylic acids is 4. The average Bonchev–Trinajstić information content (AvgIpc) is 3.61. The molecule has 4 amide bonds. The monoisotopic (exact) mass is 693 g/mol. The molecule has 252 valence electrons. The number of nitrogens with one attached hydrogen (secondary N) is 5. The Morgan fingerprint density at radius 2 is 1.25 bits per heavy atom. The van der Waals surface area contributed by atoms with Gasteiger partial charge in [-0.15, -0.1) is 23.2 Å². The predicted molar refractivity (Wildman–Crippen MR) is 190 cm³/mol. The van der Waals surface area contributed by atoms with Crippen LogP contribution >= 0.6 is 23.2 Å². The van der Waals surface area contributed by atoms with Gasteiger partial charge in [-0.3, -0.25) is 24.6 Å². The number of hydrogen-bond acceptors (Lipinski definition) is 6. The minimum Gasteiger partial charge on any atom is -0.388 e. The zero-order chi connectivity index (χ0) is 34.8. The zero-order valence-electron chi connectivity index (χ0n) is 26.5. The Kier molecular flexibility index (Phi) is 12.2. The molecule has 0 radical (unpaired) electrons. The van der Waals surface area contributed by atoms with E-state index >= 15 is 0 Å². The van der Waals surface area contributed by atoms with Crippen molar-refractivity contribution in [1.29, 1.82) is 5.41 Å². The average molecular weight is 695 g/mol. The zero-order valence-corrected chi connectivity index (χ0v) is 28.0. The van der Waals surface area contributed by atoms with E-state index in [1.165, 1.54) is 12.1 Å². The molecule has 0 saturated carbocycles. The number of amidine groups is 1. The molecule has 0 spiro atoms. The van der Waals surface area contributed by atoms with Crippen LogP contribution in [0.5, 0.6) is 0 Å². The van der Waals surface area contributed by atoms with Crippen LogP contribution in [0.15, 0.2) is 73.1 Å². The standard InChI is InChI=1S/C33H37Cl2N9O4/c1-42-19-24(17-27(42)32(47)38-12-9-29(36)37)40-30(45)21-5-3-7-23(15-21)39-33(48)28-18-25(20-43(28)2)41-31(46)22-6-4-8-26(16-22)44(13-10-34)14-11-35/h3-8,15-20H,9-14H2,1-2H3,(H3,36,37)(H,38,47)(H,39,48)(H,40,45)(H,41,46). The molecule has 7 N–H and O–H groups in total. The molecule has 13 nitrogen and oxygen atoms in total. The molecule has 2 aromatic heterocycles. The summed E-state index contributed by atoms with van der Waals surface area (Å²) in [5, 5.41) is 18.3. The molecule has 0 aliphatic rings. The smallest absolute Gasteiger partial charge is 0.272 e. The summed E-state index contributed by atoms with van der Waals surface area (Å²) in [6.07, 6.45) is 3.46. The lowest BCUT2D eigenvalue weighted by atomic mass is 10.1. The first kappa shape index (κ1) is 35.6. The van der Waals surface area contributed by atoms with Crippen LogP contribution in [0, 0.1) is 5.41 Å². The van der Waals surface area contributed by atoms with Gasteiger partial charge in [0, 0.05) is 86.8 Å². The number of nitrogens with two attached hydrogens (primary N) is 1. The van der Waals surface area contributed by atoms with Gasteiger partial charge in [-0.1, -0.05) is 12.1 Å². The molecule has 2 heterocycles. The Hall–Kier alpha value is -5.27. The molecule has 0 atom stereocenters. The highest BCUT2D eigenvalue weighted by Gasteiger charge is 2.18. The minimum absolute atomic E-state index is 0.0294. The summed E-state index contributed by atoms with van der Waals surface area (Å²) in [5.74, 6) is -0.793. The van der Waals surface area contributed by atoms with E-state index in [0.717, 1.165) is 5.69 Å². The van der Waals surface area contributed by atoms with Gasteiger partial charge < -0.3 is 41.0 Å². The van der Waals surface area contributed by atoms with E-state index in [9.17, 15) is 19.2 Å². The van der Waals surface area contributed by atoms with Crippen molar-refractivity contribution in [2.75, 3.05) is 52.2 Å². The first-order valence-corrected chi connectivity index (χ1v) is 16.0. The first-order valence-electron chi connectivity index (χ1n) is 14.9. The molecule has 15 heteroatoms. The number of aryl methyl sites for hydroxylation is 2. The fourth-order valence-corrected chi connectivity index (χ4v) is 5.28. The third-order valence-corrected chi connectivity index (χ3v) is 7.57. The lowest BCUT2D eigenvalue weighted by molar-refractivity contribution is 0.0944. The molecule has 4 rings (SSSR count). The molecule has 0 fully saturated rings. The van der Waals surface area contributed by atoms with E-state index < -0.39 is 11.8 Å². The van der Waals surface area contributed by atoms with Crippen molar-refractivity contribution in [3.8, 4) is 0 Å². The number of carbonyl (C=O) groups is 4.